The van der Waals surface area contributed by atoms with E-state index in [1.807, 2.05) is 82.3 Å². The third-order valence-corrected chi connectivity index (χ3v) is 4.19. The highest BCUT2D eigenvalue weighted by Gasteiger charge is 2.40. The molecule has 1 aliphatic heterocycles. The molecule has 0 unspecified atom stereocenters. The van der Waals surface area contributed by atoms with Crippen LogP contribution >= 0.6 is 0 Å². The molecule has 0 bridgehead atoms. The van der Waals surface area contributed by atoms with Gasteiger partial charge in [0.2, 0.25) is 0 Å². The molecule has 5 nitrogen and oxygen atoms in total. The predicted octanol–water partition coefficient (Wildman–Crippen LogP) is 4.07. The lowest BCUT2D eigenvalue weighted by Gasteiger charge is -2.19. The lowest BCUT2D eigenvalue weighted by atomic mass is 10.0. The standard InChI is InChI=1S/C22H24N2O3/c1-14(2)24-21(25)19(16-8-6-5-7-9-16)20(22(24)26)23-17-10-12-18(13-11-17)27-15(3)4/h5-15,23H,1-4H3. The van der Waals surface area contributed by atoms with Crippen LogP contribution in [0.4, 0.5) is 5.69 Å². The number of imide groups is 1. The molecule has 0 spiro atoms. The Morgan fingerprint density at radius 2 is 1.48 bits per heavy atom. The van der Waals surface area contributed by atoms with Crippen LogP contribution in [0.15, 0.2) is 60.3 Å². The van der Waals surface area contributed by atoms with E-state index in [1.165, 1.54) is 4.90 Å². The highest BCUT2D eigenvalue weighted by atomic mass is 16.5. The zero-order valence-electron chi connectivity index (χ0n) is 16.0. The Morgan fingerprint density at radius 1 is 0.852 bits per heavy atom. The lowest BCUT2D eigenvalue weighted by molar-refractivity contribution is -0.138. The number of ether oxygens (including phenoxy) is 1. The number of nitrogens with one attached hydrogen (secondary N) is 1. The summed E-state index contributed by atoms with van der Waals surface area (Å²) in [5.74, 6) is 0.172. The number of carbonyl (C=O) groups excluding carboxylic acids is 2. The van der Waals surface area contributed by atoms with Crippen LogP contribution in [0.3, 0.4) is 0 Å². The molecule has 0 aromatic heterocycles. The molecule has 1 N–H and O–H groups in total. The largest absolute Gasteiger partial charge is 0.491 e. The van der Waals surface area contributed by atoms with E-state index in [0.717, 1.165) is 17.0 Å². The fourth-order valence-corrected chi connectivity index (χ4v) is 3.04. The molecular formula is C22H24N2O3. The van der Waals surface area contributed by atoms with Crippen LogP contribution in [0.2, 0.25) is 0 Å². The maximum absolute atomic E-state index is 12.9. The number of carbonyl (C=O) groups is 2. The van der Waals surface area contributed by atoms with Gasteiger partial charge in [0.05, 0.1) is 11.7 Å². The number of anilines is 1. The first kappa shape index (κ1) is 18.7. The van der Waals surface area contributed by atoms with Gasteiger partial charge in [0.1, 0.15) is 11.4 Å². The van der Waals surface area contributed by atoms with Crippen molar-refractivity contribution in [3.05, 3.63) is 65.9 Å². The molecule has 0 fully saturated rings. The minimum atomic E-state index is -0.309. The smallest absolute Gasteiger partial charge is 0.278 e. The van der Waals surface area contributed by atoms with Crippen LogP contribution in [0.1, 0.15) is 33.3 Å². The zero-order chi connectivity index (χ0) is 19.6. The monoisotopic (exact) mass is 364 g/mol. The highest BCUT2D eigenvalue weighted by Crippen LogP contribution is 2.31. The van der Waals surface area contributed by atoms with Crippen molar-refractivity contribution in [3.63, 3.8) is 0 Å². The van der Waals surface area contributed by atoms with Crippen molar-refractivity contribution in [3.8, 4) is 5.75 Å². The van der Waals surface area contributed by atoms with Crippen LogP contribution < -0.4 is 10.1 Å². The van der Waals surface area contributed by atoms with E-state index in [2.05, 4.69) is 5.32 Å². The Balaban J connectivity index is 1.97. The zero-order valence-corrected chi connectivity index (χ0v) is 16.0. The molecule has 140 valence electrons. The van der Waals surface area contributed by atoms with Gasteiger partial charge in [0.25, 0.3) is 11.8 Å². The summed E-state index contributed by atoms with van der Waals surface area (Å²) in [6, 6.07) is 16.4. The maximum atomic E-state index is 12.9. The molecule has 0 radical (unpaired) electrons. The highest BCUT2D eigenvalue weighted by molar-refractivity contribution is 6.36. The van der Waals surface area contributed by atoms with Gasteiger partial charge in [-0.1, -0.05) is 30.3 Å². The van der Waals surface area contributed by atoms with E-state index < -0.39 is 0 Å². The normalized spacial score (nSPS) is 14.5. The van der Waals surface area contributed by atoms with Crippen LogP contribution in [0, 0.1) is 0 Å². The maximum Gasteiger partial charge on any atom is 0.278 e. The second-order valence-electron chi connectivity index (χ2n) is 7.01. The topological polar surface area (TPSA) is 58.6 Å². The van der Waals surface area contributed by atoms with Gasteiger partial charge in [0.15, 0.2) is 0 Å². The Bertz CT molecular complexity index is 868. The first-order valence-electron chi connectivity index (χ1n) is 9.09. The van der Waals surface area contributed by atoms with Gasteiger partial charge in [-0.3, -0.25) is 14.5 Å². The summed E-state index contributed by atoms with van der Waals surface area (Å²) in [5, 5.41) is 3.15. The summed E-state index contributed by atoms with van der Waals surface area (Å²) in [6.07, 6.45) is 0.0878. The Hall–Kier alpha value is -3.08. The lowest BCUT2D eigenvalue weighted by Crippen LogP contribution is -2.38. The predicted molar refractivity (Wildman–Crippen MR) is 106 cm³/mol. The van der Waals surface area contributed by atoms with E-state index in [9.17, 15) is 9.59 Å². The molecule has 2 aromatic carbocycles. The molecular weight excluding hydrogens is 340 g/mol. The van der Waals surface area contributed by atoms with Gasteiger partial charge in [-0.15, -0.1) is 0 Å². The molecule has 27 heavy (non-hydrogen) atoms. The molecule has 0 saturated carbocycles. The average Bonchev–Trinajstić information content (AvgIpc) is 2.87. The van der Waals surface area contributed by atoms with Gasteiger partial charge in [-0.25, -0.2) is 0 Å². The Morgan fingerprint density at radius 3 is 2.04 bits per heavy atom. The second-order valence-corrected chi connectivity index (χ2v) is 7.01. The molecule has 1 heterocycles. The van der Waals surface area contributed by atoms with Gasteiger partial charge in [0, 0.05) is 11.7 Å². The summed E-state index contributed by atoms with van der Waals surface area (Å²) >= 11 is 0. The summed E-state index contributed by atoms with van der Waals surface area (Å²) in [6.45, 7) is 7.59. The van der Waals surface area contributed by atoms with E-state index in [1.54, 1.807) is 0 Å². The van der Waals surface area contributed by atoms with Crippen LogP contribution in [0.5, 0.6) is 5.75 Å². The molecule has 0 saturated heterocycles. The van der Waals surface area contributed by atoms with Crippen LogP contribution in [-0.2, 0) is 9.59 Å². The molecule has 2 aromatic rings. The number of rotatable bonds is 6. The summed E-state index contributed by atoms with van der Waals surface area (Å²) < 4.78 is 5.65. The first-order valence-corrected chi connectivity index (χ1v) is 9.09. The number of hydrogen-bond acceptors (Lipinski definition) is 4. The van der Waals surface area contributed by atoms with E-state index in [-0.39, 0.29) is 24.0 Å². The van der Waals surface area contributed by atoms with Crippen molar-refractivity contribution in [1.82, 2.24) is 4.90 Å². The Kier molecular flexibility index (Phi) is 5.31. The molecule has 0 atom stereocenters. The number of amides is 2. The minimum absolute atomic E-state index is 0.0878. The SMILES string of the molecule is CC(C)Oc1ccc(NC2=C(c3ccccc3)C(=O)N(C(C)C)C2=O)cc1. The molecule has 2 amide bonds. The summed E-state index contributed by atoms with van der Waals surface area (Å²) in [4.78, 5) is 27.1. The number of hydrogen-bond donors (Lipinski definition) is 1. The van der Waals surface area contributed by atoms with Crippen molar-refractivity contribution in [2.75, 3.05) is 5.32 Å². The fraction of sp³-hybridized carbons (Fsp3) is 0.273. The van der Waals surface area contributed by atoms with Gasteiger partial charge < -0.3 is 10.1 Å². The molecule has 1 aliphatic rings. The summed E-state index contributed by atoms with van der Waals surface area (Å²) in [7, 11) is 0. The third kappa shape index (κ3) is 3.87. The fourth-order valence-electron chi connectivity index (χ4n) is 3.04. The average molecular weight is 364 g/mol. The van der Waals surface area contributed by atoms with E-state index >= 15 is 0 Å². The molecule has 3 rings (SSSR count). The van der Waals surface area contributed by atoms with Crippen LogP contribution in [0.25, 0.3) is 5.57 Å². The quantitative estimate of drug-likeness (QED) is 0.785. The van der Waals surface area contributed by atoms with Gasteiger partial charge in [-0.05, 0) is 57.5 Å². The van der Waals surface area contributed by atoms with Crippen molar-refractivity contribution in [1.29, 1.82) is 0 Å². The third-order valence-electron chi connectivity index (χ3n) is 4.19. The van der Waals surface area contributed by atoms with E-state index in [0.29, 0.717) is 11.3 Å². The first-order chi connectivity index (χ1) is 12.9. The Labute approximate surface area is 159 Å². The number of benzene rings is 2. The van der Waals surface area contributed by atoms with Crippen molar-refractivity contribution < 1.29 is 14.3 Å². The molecule has 0 aliphatic carbocycles. The van der Waals surface area contributed by atoms with Crippen molar-refractivity contribution in [2.24, 2.45) is 0 Å². The van der Waals surface area contributed by atoms with E-state index in [4.69, 9.17) is 4.74 Å². The van der Waals surface area contributed by atoms with Crippen LogP contribution in [-0.4, -0.2) is 28.9 Å². The van der Waals surface area contributed by atoms with Gasteiger partial charge >= 0.3 is 0 Å². The van der Waals surface area contributed by atoms with Crippen molar-refractivity contribution in [2.45, 2.75) is 39.8 Å². The minimum Gasteiger partial charge on any atom is -0.491 e. The number of nitrogens with zero attached hydrogens (tertiary/aromatic N) is 1. The van der Waals surface area contributed by atoms with Gasteiger partial charge in [-0.2, -0.15) is 0 Å². The second kappa shape index (κ2) is 7.66. The molecule has 5 heteroatoms. The summed E-state index contributed by atoms with van der Waals surface area (Å²) in [5.41, 5.74) is 2.15. The van der Waals surface area contributed by atoms with Crippen molar-refractivity contribution >= 4 is 23.1 Å².